The fourth-order valence-corrected chi connectivity index (χ4v) is 4.04. The van der Waals surface area contributed by atoms with Crippen molar-refractivity contribution < 1.29 is 14.4 Å². The number of rotatable bonds is 6. The molecule has 4 rings (SSSR count). The molecule has 0 unspecified atom stereocenters. The van der Waals surface area contributed by atoms with E-state index in [-0.39, 0.29) is 24.3 Å². The molecule has 7 nitrogen and oxygen atoms in total. The molecule has 2 aromatic carbocycles. The van der Waals surface area contributed by atoms with E-state index in [2.05, 4.69) is 15.5 Å². The molecule has 0 radical (unpaired) electrons. The standard InChI is InChI=1S/C24H28N4O3/c1-24(2)23(31)26-19-6-4-5-7-20(19)28(24)21(29)15-27(18-12-13-18)14-16-8-10-17(11-9-16)22(30)25-3/h4-11,18H,12-15H2,1-3H3,(H,25,30)(H,26,31). The molecule has 2 aromatic rings. The Bertz CT molecular complexity index is 1010. The van der Waals surface area contributed by atoms with Crippen molar-refractivity contribution in [3.63, 3.8) is 0 Å². The van der Waals surface area contributed by atoms with Gasteiger partial charge in [0, 0.05) is 25.2 Å². The molecular formula is C24H28N4O3. The zero-order chi connectivity index (χ0) is 22.2. The van der Waals surface area contributed by atoms with Gasteiger partial charge >= 0.3 is 0 Å². The monoisotopic (exact) mass is 420 g/mol. The van der Waals surface area contributed by atoms with Crippen molar-refractivity contribution in [1.29, 1.82) is 0 Å². The van der Waals surface area contributed by atoms with Gasteiger partial charge in [-0.05, 0) is 56.5 Å². The van der Waals surface area contributed by atoms with Gasteiger partial charge in [-0.15, -0.1) is 0 Å². The van der Waals surface area contributed by atoms with Gasteiger partial charge in [0.15, 0.2) is 0 Å². The van der Waals surface area contributed by atoms with Crippen LogP contribution in [0.3, 0.4) is 0 Å². The third-order valence-electron chi connectivity index (χ3n) is 5.99. The number of para-hydroxylation sites is 2. The summed E-state index contributed by atoms with van der Waals surface area (Å²) in [6.07, 6.45) is 2.12. The first-order chi connectivity index (χ1) is 14.8. The van der Waals surface area contributed by atoms with Gasteiger partial charge in [-0.2, -0.15) is 0 Å². The summed E-state index contributed by atoms with van der Waals surface area (Å²) in [7, 11) is 1.61. The van der Waals surface area contributed by atoms with E-state index in [0.717, 1.165) is 24.1 Å². The summed E-state index contributed by atoms with van der Waals surface area (Å²) in [5, 5.41) is 5.52. The van der Waals surface area contributed by atoms with Gasteiger partial charge in [-0.1, -0.05) is 24.3 Å². The average Bonchev–Trinajstić information content (AvgIpc) is 3.59. The molecule has 0 spiro atoms. The van der Waals surface area contributed by atoms with E-state index in [9.17, 15) is 14.4 Å². The maximum Gasteiger partial charge on any atom is 0.251 e. The fourth-order valence-electron chi connectivity index (χ4n) is 4.04. The Hall–Kier alpha value is -3.19. The molecular weight excluding hydrogens is 392 g/mol. The lowest BCUT2D eigenvalue weighted by atomic mass is 9.96. The summed E-state index contributed by atoms with van der Waals surface area (Å²) in [5.41, 5.74) is 2.06. The summed E-state index contributed by atoms with van der Waals surface area (Å²) < 4.78 is 0. The summed E-state index contributed by atoms with van der Waals surface area (Å²) in [6.45, 7) is 4.39. The van der Waals surface area contributed by atoms with E-state index in [4.69, 9.17) is 0 Å². The highest BCUT2D eigenvalue weighted by atomic mass is 16.2. The van der Waals surface area contributed by atoms with Crippen molar-refractivity contribution in [2.24, 2.45) is 0 Å². The van der Waals surface area contributed by atoms with Crippen molar-refractivity contribution in [3.8, 4) is 0 Å². The van der Waals surface area contributed by atoms with E-state index in [1.54, 1.807) is 37.9 Å². The minimum atomic E-state index is -0.976. The third kappa shape index (κ3) is 4.18. The Labute approximate surface area is 182 Å². The SMILES string of the molecule is CNC(=O)c1ccc(CN(CC(=O)N2c3ccccc3NC(=O)C2(C)C)C2CC2)cc1. The second-order valence-electron chi connectivity index (χ2n) is 8.67. The Morgan fingerprint density at radius 3 is 2.45 bits per heavy atom. The predicted octanol–water partition coefficient (Wildman–Crippen LogP) is 2.77. The van der Waals surface area contributed by atoms with Crippen LogP contribution in [0.15, 0.2) is 48.5 Å². The van der Waals surface area contributed by atoms with Crippen molar-refractivity contribution in [1.82, 2.24) is 10.2 Å². The maximum atomic E-state index is 13.5. The first-order valence-corrected chi connectivity index (χ1v) is 10.6. The highest BCUT2D eigenvalue weighted by molar-refractivity contribution is 6.14. The molecule has 1 fully saturated rings. The molecule has 1 aliphatic carbocycles. The van der Waals surface area contributed by atoms with E-state index < -0.39 is 5.54 Å². The van der Waals surface area contributed by atoms with Crippen LogP contribution in [-0.4, -0.2) is 47.8 Å². The number of fused-ring (bicyclic) bond motifs is 1. The van der Waals surface area contributed by atoms with E-state index in [0.29, 0.717) is 23.8 Å². The molecule has 2 aliphatic rings. The zero-order valence-electron chi connectivity index (χ0n) is 18.1. The Morgan fingerprint density at radius 2 is 1.81 bits per heavy atom. The molecule has 1 aliphatic heterocycles. The minimum absolute atomic E-state index is 0.0961. The number of amides is 3. The molecule has 0 aromatic heterocycles. The number of benzene rings is 2. The second kappa shape index (κ2) is 8.15. The minimum Gasteiger partial charge on any atom is -0.355 e. The van der Waals surface area contributed by atoms with Crippen LogP contribution >= 0.6 is 0 Å². The van der Waals surface area contributed by atoms with E-state index in [1.165, 1.54) is 0 Å². The Kier molecular flexibility index (Phi) is 5.54. The lowest BCUT2D eigenvalue weighted by Gasteiger charge is -2.42. The van der Waals surface area contributed by atoms with Gasteiger partial charge in [0.05, 0.1) is 17.9 Å². The van der Waals surface area contributed by atoms with Crippen LogP contribution in [0, 0.1) is 0 Å². The largest absolute Gasteiger partial charge is 0.355 e. The number of hydrogen-bond donors (Lipinski definition) is 2. The van der Waals surface area contributed by atoms with Gasteiger partial charge in [-0.3, -0.25) is 24.2 Å². The highest BCUT2D eigenvalue weighted by Gasteiger charge is 2.44. The summed E-state index contributed by atoms with van der Waals surface area (Å²) in [4.78, 5) is 41.7. The molecule has 0 bridgehead atoms. The average molecular weight is 421 g/mol. The molecule has 162 valence electrons. The topological polar surface area (TPSA) is 81.8 Å². The molecule has 1 saturated carbocycles. The van der Waals surface area contributed by atoms with Crippen molar-refractivity contribution in [2.45, 2.75) is 44.8 Å². The molecule has 3 amide bonds. The van der Waals surface area contributed by atoms with Gasteiger partial charge in [0.1, 0.15) is 5.54 Å². The summed E-state index contributed by atoms with van der Waals surface area (Å²) in [6, 6.07) is 15.2. The predicted molar refractivity (Wildman–Crippen MR) is 120 cm³/mol. The number of hydrogen-bond acceptors (Lipinski definition) is 4. The lowest BCUT2D eigenvalue weighted by Crippen LogP contribution is -2.60. The Balaban J connectivity index is 1.54. The number of nitrogens with zero attached hydrogens (tertiary/aromatic N) is 2. The first-order valence-electron chi connectivity index (χ1n) is 10.6. The normalized spacial score (nSPS) is 17.2. The van der Waals surface area contributed by atoms with Gasteiger partial charge in [0.25, 0.3) is 5.91 Å². The summed E-state index contributed by atoms with van der Waals surface area (Å²) >= 11 is 0. The van der Waals surface area contributed by atoms with Crippen LogP contribution in [0.4, 0.5) is 11.4 Å². The highest BCUT2D eigenvalue weighted by Crippen LogP contribution is 2.37. The van der Waals surface area contributed by atoms with Crippen LogP contribution < -0.4 is 15.5 Å². The number of carbonyl (C=O) groups excluding carboxylic acids is 3. The van der Waals surface area contributed by atoms with Crippen LogP contribution in [0.1, 0.15) is 42.6 Å². The number of anilines is 2. The number of nitrogens with one attached hydrogen (secondary N) is 2. The van der Waals surface area contributed by atoms with Crippen LogP contribution in [-0.2, 0) is 16.1 Å². The van der Waals surface area contributed by atoms with Crippen molar-refractivity contribution >= 4 is 29.1 Å². The van der Waals surface area contributed by atoms with Crippen LogP contribution in [0.25, 0.3) is 0 Å². The fraction of sp³-hybridized carbons (Fsp3) is 0.375. The van der Waals surface area contributed by atoms with Crippen LogP contribution in [0.5, 0.6) is 0 Å². The third-order valence-corrected chi connectivity index (χ3v) is 5.99. The molecule has 31 heavy (non-hydrogen) atoms. The van der Waals surface area contributed by atoms with E-state index in [1.807, 2.05) is 36.4 Å². The van der Waals surface area contributed by atoms with Gasteiger partial charge < -0.3 is 10.6 Å². The zero-order valence-corrected chi connectivity index (χ0v) is 18.1. The van der Waals surface area contributed by atoms with Crippen molar-refractivity contribution in [3.05, 3.63) is 59.7 Å². The molecule has 1 heterocycles. The lowest BCUT2D eigenvalue weighted by molar-refractivity contribution is -0.127. The Morgan fingerprint density at radius 1 is 1.13 bits per heavy atom. The smallest absolute Gasteiger partial charge is 0.251 e. The molecule has 2 N–H and O–H groups in total. The quantitative estimate of drug-likeness (QED) is 0.753. The maximum absolute atomic E-state index is 13.5. The van der Waals surface area contributed by atoms with Crippen LogP contribution in [0.2, 0.25) is 0 Å². The van der Waals surface area contributed by atoms with E-state index >= 15 is 0 Å². The summed E-state index contributed by atoms with van der Waals surface area (Å²) in [5.74, 6) is -0.409. The first kappa shape index (κ1) is 21.1. The second-order valence-corrected chi connectivity index (χ2v) is 8.67. The molecule has 0 saturated heterocycles. The molecule has 0 atom stereocenters. The van der Waals surface area contributed by atoms with Gasteiger partial charge in [0.2, 0.25) is 11.8 Å². The van der Waals surface area contributed by atoms with Gasteiger partial charge in [-0.25, -0.2) is 0 Å². The van der Waals surface area contributed by atoms with Crippen molar-refractivity contribution in [2.75, 3.05) is 23.8 Å². The number of carbonyl (C=O) groups is 3. The molecule has 7 heteroatoms.